The topological polar surface area (TPSA) is 21.3 Å². The Morgan fingerprint density at radius 2 is 2.21 bits per heavy atom. The first kappa shape index (κ1) is 13.6. The fourth-order valence-electron chi connectivity index (χ4n) is 3.64. The van der Waals surface area contributed by atoms with Crippen LogP contribution in [0.5, 0.6) is 0 Å². The smallest absolute Gasteiger partial charge is 0.0686 e. The largest absolute Gasteiger partial charge is 0.375 e. The molecule has 1 saturated heterocycles. The molecule has 2 heterocycles. The Bertz CT molecular complexity index is 430. The highest BCUT2D eigenvalue weighted by Gasteiger charge is 2.44. The minimum atomic E-state index is 0.249. The molecule has 1 aromatic heterocycles. The number of rotatable bonds is 3. The van der Waals surface area contributed by atoms with Crippen molar-refractivity contribution in [1.29, 1.82) is 0 Å². The van der Waals surface area contributed by atoms with Crippen LogP contribution in [0.25, 0.3) is 0 Å². The Kier molecular flexibility index (Phi) is 3.71. The van der Waals surface area contributed by atoms with Gasteiger partial charge in [-0.2, -0.15) is 0 Å². The highest BCUT2D eigenvalue weighted by atomic mass is 32.1. The highest BCUT2D eigenvalue weighted by molar-refractivity contribution is 7.12. The lowest BCUT2D eigenvalue weighted by atomic mass is 9.70. The van der Waals surface area contributed by atoms with Crippen molar-refractivity contribution in [3.63, 3.8) is 0 Å². The molecule has 2 fully saturated rings. The van der Waals surface area contributed by atoms with Crippen LogP contribution < -0.4 is 5.32 Å². The number of thiophene rings is 1. The lowest BCUT2D eigenvalue weighted by Crippen LogP contribution is -2.47. The molecule has 2 nitrogen and oxygen atoms in total. The minimum absolute atomic E-state index is 0.249. The van der Waals surface area contributed by atoms with Crippen molar-refractivity contribution >= 4 is 11.3 Å². The molecule has 0 amide bonds. The molecule has 1 aliphatic carbocycles. The summed E-state index contributed by atoms with van der Waals surface area (Å²) in [4.78, 5) is 2.97. The molecule has 1 spiro atoms. The fourth-order valence-corrected chi connectivity index (χ4v) is 4.88. The first-order valence-electron chi connectivity index (χ1n) is 7.52. The van der Waals surface area contributed by atoms with E-state index in [4.69, 9.17) is 4.74 Å². The van der Waals surface area contributed by atoms with E-state index in [2.05, 4.69) is 32.3 Å². The van der Waals surface area contributed by atoms with Gasteiger partial charge in [0.05, 0.1) is 5.60 Å². The van der Waals surface area contributed by atoms with Crippen LogP contribution in [0.3, 0.4) is 0 Å². The van der Waals surface area contributed by atoms with Crippen molar-refractivity contribution < 1.29 is 4.74 Å². The third-order valence-corrected chi connectivity index (χ3v) is 6.31. The van der Waals surface area contributed by atoms with Crippen LogP contribution in [-0.4, -0.2) is 19.3 Å². The van der Waals surface area contributed by atoms with E-state index in [9.17, 15) is 0 Å². The van der Waals surface area contributed by atoms with Gasteiger partial charge in [-0.05, 0) is 70.5 Å². The average Bonchev–Trinajstić information content (AvgIpc) is 2.69. The molecular weight excluding hydrogens is 254 g/mol. The highest BCUT2D eigenvalue weighted by Crippen LogP contribution is 2.47. The molecule has 106 valence electrons. The second-order valence-electron chi connectivity index (χ2n) is 6.29. The summed E-state index contributed by atoms with van der Waals surface area (Å²) < 4.78 is 6.07. The molecule has 2 unspecified atom stereocenters. The summed E-state index contributed by atoms with van der Waals surface area (Å²) in [6.07, 6.45) is 6.36. The normalized spacial score (nSPS) is 27.2. The summed E-state index contributed by atoms with van der Waals surface area (Å²) in [7, 11) is 2.11. The Morgan fingerprint density at radius 3 is 2.74 bits per heavy atom. The number of hydrogen-bond acceptors (Lipinski definition) is 3. The van der Waals surface area contributed by atoms with E-state index >= 15 is 0 Å². The van der Waals surface area contributed by atoms with Crippen molar-refractivity contribution in [2.24, 2.45) is 5.92 Å². The van der Waals surface area contributed by atoms with Gasteiger partial charge in [-0.1, -0.05) is 0 Å². The Labute approximate surface area is 120 Å². The molecule has 3 heteroatoms. The van der Waals surface area contributed by atoms with Gasteiger partial charge in [-0.15, -0.1) is 11.3 Å². The second-order valence-corrected chi connectivity index (χ2v) is 7.58. The minimum Gasteiger partial charge on any atom is -0.375 e. The predicted octanol–water partition coefficient (Wildman–Crippen LogP) is 3.97. The van der Waals surface area contributed by atoms with Gasteiger partial charge in [-0.25, -0.2) is 0 Å². The van der Waals surface area contributed by atoms with Crippen molar-refractivity contribution in [2.75, 3.05) is 13.7 Å². The standard InChI is InChI=1S/C16H25NOS/c1-11-9-14(19-12(11)2)15(17-3)13-5-8-18-16(10-13)6-4-7-16/h9,13,15,17H,4-8,10H2,1-3H3. The number of aryl methyl sites for hydroxylation is 2. The van der Waals surface area contributed by atoms with Gasteiger partial charge >= 0.3 is 0 Å². The summed E-state index contributed by atoms with van der Waals surface area (Å²) in [6, 6.07) is 2.89. The van der Waals surface area contributed by atoms with Crippen LogP contribution in [0, 0.1) is 19.8 Å². The number of nitrogens with one attached hydrogen (secondary N) is 1. The second kappa shape index (κ2) is 5.19. The zero-order chi connectivity index (χ0) is 13.5. The van der Waals surface area contributed by atoms with E-state index in [0.29, 0.717) is 6.04 Å². The van der Waals surface area contributed by atoms with Gasteiger partial charge < -0.3 is 10.1 Å². The van der Waals surface area contributed by atoms with E-state index in [0.717, 1.165) is 12.5 Å². The first-order chi connectivity index (χ1) is 9.13. The van der Waals surface area contributed by atoms with Gasteiger partial charge in [-0.3, -0.25) is 0 Å². The van der Waals surface area contributed by atoms with Gasteiger partial charge in [0.25, 0.3) is 0 Å². The molecule has 19 heavy (non-hydrogen) atoms. The quantitative estimate of drug-likeness (QED) is 0.904. The lowest BCUT2D eigenvalue weighted by molar-refractivity contribution is -0.147. The van der Waals surface area contributed by atoms with E-state index in [-0.39, 0.29) is 5.60 Å². The average molecular weight is 279 g/mol. The van der Waals surface area contributed by atoms with Crippen LogP contribution >= 0.6 is 11.3 Å². The first-order valence-corrected chi connectivity index (χ1v) is 8.33. The number of hydrogen-bond donors (Lipinski definition) is 1. The molecule has 0 aromatic carbocycles. The molecule has 1 aromatic rings. The fraction of sp³-hybridized carbons (Fsp3) is 0.750. The van der Waals surface area contributed by atoms with Gasteiger partial charge in [0.15, 0.2) is 0 Å². The van der Waals surface area contributed by atoms with Crippen molar-refractivity contribution in [3.8, 4) is 0 Å². The molecule has 0 bridgehead atoms. The SMILES string of the molecule is CNC(c1cc(C)c(C)s1)C1CCOC2(CCC2)C1. The maximum Gasteiger partial charge on any atom is 0.0686 e. The Balaban J connectivity index is 1.77. The summed E-state index contributed by atoms with van der Waals surface area (Å²) >= 11 is 1.96. The Morgan fingerprint density at radius 1 is 1.42 bits per heavy atom. The van der Waals surface area contributed by atoms with Crippen LogP contribution in [0.4, 0.5) is 0 Å². The van der Waals surface area contributed by atoms with Gasteiger partial charge in [0.2, 0.25) is 0 Å². The van der Waals surface area contributed by atoms with Crippen LogP contribution in [0.15, 0.2) is 6.07 Å². The molecule has 1 saturated carbocycles. The van der Waals surface area contributed by atoms with Crippen molar-refractivity contribution in [2.45, 2.75) is 57.6 Å². The molecule has 2 atom stereocenters. The summed E-state index contributed by atoms with van der Waals surface area (Å²) in [5.74, 6) is 0.733. The van der Waals surface area contributed by atoms with Gasteiger partial charge in [0, 0.05) is 22.4 Å². The van der Waals surface area contributed by atoms with Crippen molar-refractivity contribution in [1.82, 2.24) is 5.32 Å². The molecular formula is C16H25NOS. The predicted molar refractivity (Wildman–Crippen MR) is 80.9 cm³/mol. The zero-order valence-corrected chi connectivity index (χ0v) is 13.1. The van der Waals surface area contributed by atoms with Crippen LogP contribution in [0.1, 0.15) is 53.5 Å². The monoisotopic (exact) mass is 279 g/mol. The maximum atomic E-state index is 6.07. The van der Waals surface area contributed by atoms with E-state index in [1.165, 1.54) is 47.4 Å². The van der Waals surface area contributed by atoms with Gasteiger partial charge in [0.1, 0.15) is 0 Å². The van der Waals surface area contributed by atoms with Crippen LogP contribution in [-0.2, 0) is 4.74 Å². The summed E-state index contributed by atoms with van der Waals surface area (Å²) in [5.41, 5.74) is 1.69. The summed E-state index contributed by atoms with van der Waals surface area (Å²) in [5, 5.41) is 3.57. The van der Waals surface area contributed by atoms with E-state index in [1.807, 2.05) is 11.3 Å². The summed E-state index contributed by atoms with van der Waals surface area (Å²) in [6.45, 7) is 5.40. The number of ether oxygens (including phenoxy) is 1. The Hall–Kier alpha value is -0.380. The molecule has 1 N–H and O–H groups in total. The third-order valence-electron chi connectivity index (χ3n) is 5.07. The zero-order valence-electron chi connectivity index (χ0n) is 12.3. The van der Waals surface area contributed by atoms with E-state index in [1.54, 1.807) is 0 Å². The maximum absolute atomic E-state index is 6.07. The van der Waals surface area contributed by atoms with Crippen molar-refractivity contribution in [3.05, 3.63) is 21.4 Å². The van der Waals surface area contributed by atoms with Crippen LogP contribution in [0.2, 0.25) is 0 Å². The lowest BCUT2D eigenvalue weighted by Gasteiger charge is -2.48. The molecule has 1 aliphatic heterocycles. The molecule has 2 aliphatic rings. The molecule has 0 radical (unpaired) electrons. The molecule has 3 rings (SSSR count). The van der Waals surface area contributed by atoms with E-state index < -0.39 is 0 Å². The third kappa shape index (κ3) is 2.48.